The second kappa shape index (κ2) is 6.49. The van der Waals surface area contributed by atoms with E-state index < -0.39 is 8.03 Å². The van der Waals surface area contributed by atoms with Crippen molar-refractivity contribution in [2.75, 3.05) is 32.6 Å². The maximum atomic E-state index is 10.2. The number of morpholine rings is 1. The van der Waals surface area contributed by atoms with Gasteiger partial charge in [-0.3, -0.25) is 4.90 Å². The minimum absolute atomic E-state index is 0. The summed E-state index contributed by atoms with van der Waals surface area (Å²) in [5.41, 5.74) is 0. The summed E-state index contributed by atoms with van der Waals surface area (Å²) >= 11 is 0. The molecule has 4 nitrogen and oxygen atoms in total. The Morgan fingerprint density at radius 1 is 1.45 bits per heavy atom. The van der Waals surface area contributed by atoms with E-state index in [0.29, 0.717) is 13.2 Å². The third kappa shape index (κ3) is 5.26. The van der Waals surface area contributed by atoms with Gasteiger partial charge in [0.1, 0.15) is 0 Å². The van der Waals surface area contributed by atoms with Gasteiger partial charge in [-0.2, -0.15) is 0 Å². The Kier molecular flexibility index (Phi) is 7.07. The molecule has 58 valence electrons. The van der Waals surface area contributed by atoms with Crippen LogP contribution in [0.25, 0.3) is 0 Å². The Hall–Kier alpha value is 0.980. The maximum Gasteiger partial charge on any atom is 1.00 e. The monoisotopic (exact) mass is 186 g/mol. The van der Waals surface area contributed by atoms with Gasteiger partial charge in [0.25, 0.3) is 0 Å². The largest absolute Gasteiger partial charge is 1.00 e. The smallest absolute Gasteiger partial charge is 0.594 e. The van der Waals surface area contributed by atoms with Gasteiger partial charge in [0.05, 0.1) is 13.2 Å². The third-order valence-electron chi connectivity index (χ3n) is 1.42. The van der Waals surface area contributed by atoms with Gasteiger partial charge in [0.15, 0.2) is 6.29 Å². The second-order valence-electron chi connectivity index (χ2n) is 2.20. The van der Waals surface area contributed by atoms with Crippen LogP contribution in [0.2, 0.25) is 0 Å². The summed E-state index contributed by atoms with van der Waals surface area (Å²) in [5.74, 6) is 0. The average molecular weight is 186 g/mol. The van der Waals surface area contributed by atoms with Gasteiger partial charge in [0.2, 0.25) is 0 Å². The summed E-state index contributed by atoms with van der Waals surface area (Å²) in [5, 5.41) is 0. The molecule has 6 heteroatoms. The van der Waals surface area contributed by atoms with E-state index in [1.807, 2.05) is 4.90 Å². The Bertz CT molecular complexity index is 129. The van der Waals surface area contributed by atoms with Crippen LogP contribution in [0.15, 0.2) is 0 Å². The molecule has 0 saturated carbocycles. The maximum absolute atomic E-state index is 10.2. The van der Waals surface area contributed by atoms with Crippen molar-refractivity contribution < 1.29 is 43.8 Å². The number of nitrogens with zero attached hydrogens (tertiary/aromatic N) is 1. The summed E-state index contributed by atoms with van der Waals surface area (Å²) in [6, 6.07) is 0. The molecule has 1 saturated heterocycles. The van der Waals surface area contributed by atoms with Crippen molar-refractivity contribution in [3.8, 4) is 0 Å². The number of hydrogen-bond acceptors (Lipinski definition) is 4. The summed E-state index contributed by atoms with van der Waals surface area (Å²) in [7, 11) is -2.25. The summed E-state index contributed by atoms with van der Waals surface area (Å²) < 4.78 is 15.3. The zero-order chi connectivity index (χ0) is 7.40. The van der Waals surface area contributed by atoms with Crippen LogP contribution in [0.5, 0.6) is 0 Å². The fraction of sp³-hybridized carbons (Fsp3) is 1.00. The summed E-state index contributed by atoms with van der Waals surface area (Å²) in [6.07, 6.45) is 0.179. The van der Waals surface area contributed by atoms with Gasteiger partial charge < -0.3 is 9.63 Å². The molecule has 1 rings (SSSR count). The van der Waals surface area contributed by atoms with E-state index in [-0.39, 0.29) is 35.8 Å². The molecule has 1 fully saturated rings. The summed E-state index contributed by atoms with van der Waals surface area (Å²) in [6.45, 7) is 2.79. The molecule has 0 radical (unpaired) electrons. The molecule has 1 aliphatic rings. The first-order valence-corrected chi connectivity index (χ1v) is 4.57. The van der Waals surface area contributed by atoms with E-state index in [0.717, 1.165) is 13.1 Å². The quantitative estimate of drug-likeness (QED) is 0.330. The molecule has 11 heavy (non-hydrogen) atoms. The normalized spacial score (nSPS) is 20.6. The predicted octanol–water partition coefficient (Wildman–Crippen LogP) is -3.62. The van der Waals surface area contributed by atoms with E-state index in [1.165, 1.54) is 0 Å². The van der Waals surface area contributed by atoms with E-state index in [1.54, 1.807) is 0 Å². The number of hydrogen-bond donors (Lipinski definition) is 0. The molecule has 0 N–H and O–H groups in total. The van der Waals surface area contributed by atoms with Crippen molar-refractivity contribution in [3.63, 3.8) is 0 Å². The topological polar surface area (TPSA) is 52.6 Å². The average Bonchev–Trinajstić information content (AvgIpc) is 1.88. The fourth-order valence-electron chi connectivity index (χ4n) is 0.906. The van der Waals surface area contributed by atoms with Crippen molar-refractivity contribution in [2.45, 2.75) is 0 Å². The molecular weight excluding hydrogens is 176 g/mol. The van der Waals surface area contributed by atoms with Gasteiger partial charge in [-0.25, -0.2) is 0 Å². The van der Waals surface area contributed by atoms with E-state index in [2.05, 4.69) is 0 Å². The Morgan fingerprint density at radius 3 is 2.45 bits per heavy atom. The zero-order valence-electron chi connectivity index (χ0n) is 6.65. The molecule has 0 bridgehead atoms. The van der Waals surface area contributed by atoms with Crippen molar-refractivity contribution in [2.24, 2.45) is 0 Å². The first-order valence-electron chi connectivity index (χ1n) is 3.21. The SMILES string of the molecule is O=[P+]([O-])CN1CCOCC1.[Na+]. The van der Waals surface area contributed by atoms with Crippen molar-refractivity contribution >= 4 is 8.03 Å². The van der Waals surface area contributed by atoms with Crippen molar-refractivity contribution in [1.82, 2.24) is 4.90 Å². The van der Waals surface area contributed by atoms with Crippen LogP contribution in [-0.2, 0) is 9.30 Å². The van der Waals surface area contributed by atoms with Crippen LogP contribution in [0, 0.1) is 0 Å². The van der Waals surface area contributed by atoms with Gasteiger partial charge in [-0.15, -0.1) is 0 Å². The zero-order valence-corrected chi connectivity index (χ0v) is 9.55. The molecule has 0 aromatic heterocycles. The predicted molar refractivity (Wildman–Crippen MR) is 34.9 cm³/mol. The van der Waals surface area contributed by atoms with Gasteiger partial charge in [0, 0.05) is 13.1 Å². The van der Waals surface area contributed by atoms with Gasteiger partial charge in [-0.1, -0.05) is 4.57 Å². The molecule has 1 unspecified atom stereocenters. The molecule has 0 spiro atoms. The molecule has 1 aliphatic heterocycles. The Labute approximate surface area is 89.1 Å². The molecule has 1 heterocycles. The van der Waals surface area contributed by atoms with Crippen LogP contribution >= 0.6 is 8.03 Å². The van der Waals surface area contributed by atoms with Crippen molar-refractivity contribution in [3.05, 3.63) is 0 Å². The molecule has 0 aromatic rings. The van der Waals surface area contributed by atoms with Crippen LogP contribution in [0.4, 0.5) is 0 Å². The fourth-order valence-corrected chi connectivity index (χ4v) is 1.52. The Morgan fingerprint density at radius 2 is 2.00 bits per heavy atom. The molecule has 1 atom stereocenters. The van der Waals surface area contributed by atoms with Gasteiger partial charge in [-0.05, 0) is 0 Å². The van der Waals surface area contributed by atoms with Crippen molar-refractivity contribution in [1.29, 1.82) is 0 Å². The van der Waals surface area contributed by atoms with Crippen LogP contribution in [0.1, 0.15) is 0 Å². The van der Waals surface area contributed by atoms with Gasteiger partial charge >= 0.3 is 37.6 Å². The van der Waals surface area contributed by atoms with Crippen LogP contribution < -0.4 is 34.5 Å². The van der Waals surface area contributed by atoms with E-state index in [9.17, 15) is 9.46 Å². The summed E-state index contributed by atoms with van der Waals surface area (Å²) in [4.78, 5) is 12.1. The molecule has 0 amide bonds. The number of ether oxygens (including phenoxy) is 1. The standard InChI is InChI=1S/C5H10NO3P.Na/c7-10(8)5-6-1-3-9-4-2-6;/h1-5H2;/q;+1. The molecular formula is C5H10NNaO3P+. The Balaban J connectivity index is 0.000001000. The third-order valence-corrected chi connectivity index (χ3v) is 2.05. The first kappa shape index (κ1) is 12.0. The molecule has 0 aromatic carbocycles. The van der Waals surface area contributed by atoms with E-state index >= 15 is 0 Å². The minimum atomic E-state index is -2.25. The van der Waals surface area contributed by atoms with Crippen LogP contribution in [0.3, 0.4) is 0 Å². The minimum Gasteiger partial charge on any atom is -0.594 e. The van der Waals surface area contributed by atoms with E-state index in [4.69, 9.17) is 4.74 Å². The first-order chi connectivity index (χ1) is 4.79. The molecule has 0 aliphatic carbocycles. The number of rotatable bonds is 2. The van der Waals surface area contributed by atoms with Crippen LogP contribution in [-0.4, -0.2) is 37.5 Å². The second-order valence-corrected chi connectivity index (χ2v) is 3.15.